The Morgan fingerprint density at radius 3 is 2.95 bits per heavy atom. The molecule has 1 heterocycles. The van der Waals surface area contributed by atoms with Gasteiger partial charge >= 0.3 is 0 Å². The Bertz CT molecular complexity index is 668. The van der Waals surface area contributed by atoms with Gasteiger partial charge < -0.3 is 5.32 Å². The number of nitriles is 1. The van der Waals surface area contributed by atoms with Crippen molar-refractivity contribution in [3.8, 4) is 11.8 Å². The highest BCUT2D eigenvalue weighted by Gasteiger charge is 2.07. The van der Waals surface area contributed by atoms with Crippen LogP contribution >= 0.6 is 0 Å². The number of nitrogens with zero attached hydrogens (tertiary/aromatic N) is 4. The van der Waals surface area contributed by atoms with Gasteiger partial charge in [-0.05, 0) is 31.0 Å². The van der Waals surface area contributed by atoms with E-state index in [1.54, 1.807) is 10.7 Å². The van der Waals surface area contributed by atoms with Gasteiger partial charge in [-0.25, -0.2) is 4.68 Å². The van der Waals surface area contributed by atoms with E-state index in [0.717, 1.165) is 23.4 Å². The molecule has 6 nitrogen and oxygen atoms in total. The van der Waals surface area contributed by atoms with E-state index in [1.807, 2.05) is 38.2 Å². The van der Waals surface area contributed by atoms with Crippen molar-refractivity contribution in [1.29, 1.82) is 5.26 Å². The second kappa shape index (κ2) is 5.97. The first-order chi connectivity index (χ1) is 9.63. The minimum absolute atomic E-state index is 0.160. The van der Waals surface area contributed by atoms with E-state index in [-0.39, 0.29) is 12.3 Å². The van der Waals surface area contributed by atoms with E-state index in [4.69, 9.17) is 5.26 Å². The highest BCUT2D eigenvalue weighted by molar-refractivity contribution is 5.92. The van der Waals surface area contributed by atoms with Crippen LogP contribution in [0.1, 0.15) is 24.6 Å². The average molecular weight is 269 g/mol. The number of hydrogen-bond donors (Lipinski definition) is 1. The van der Waals surface area contributed by atoms with Gasteiger partial charge in [0.2, 0.25) is 5.91 Å². The van der Waals surface area contributed by atoms with Crippen molar-refractivity contribution in [2.45, 2.75) is 26.7 Å². The topological polar surface area (TPSA) is 83.6 Å². The number of carbonyl (C=O) groups is 1. The number of carbonyl (C=O) groups excluding carboxylic acids is 1. The number of benzene rings is 1. The molecule has 1 amide bonds. The number of nitrogens with one attached hydrogen (secondary N) is 1. The average Bonchev–Trinajstić information content (AvgIpc) is 2.90. The second-order valence-corrected chi connectivity index (χ2v) is 4.39. The molecule has 1 aromatic heterocycles. The molecule has 2 rings (SSSR count). The normalized spacial score (nSPS) is 10.1. The molecular formula is C14H15N5O. The quantitative estimate of drug-likeness (QED) is 0.920. The lowest BCUT2D eigenvalue weighted by molar-refractivity contribution is -0.115. The maximum Gasteiger partial charge on any atom is 0.238 e. The van der Waals surface area contributed by atoms with Gasteiger partial charge in [0, 0.05) is 5.69 Å². The summed E-state index contributed by atoms with van der Waals surface area (Å²) in [5.74, 6) is -0.324. The zero-order valence-corrected chi connectivity index (χ0v) is 11.4. The Morgan fingerprint density at radius 1 is 1.50 bits per heavy atom. The zero-order valence-electron chi connectivity index (χ0n) is 11.4. The molecule has 0 saturated carbocycles. The van der Waals surface area contributed by atoms with Gasteiger partial charge in [0.05, 0.1) is 23.6 Å². The molecule has 0 saturated heterocycles. The van der Waals surface area contributed by atoms with Crippen molar-refractivity contribution in [2.24, 2.45) is 0 Å². The lowest BCUT2D eigenvalue weighted by Crippen LogP contribution is -2.10. The summed E-state index contributed by atoms with van der Waals surface area (Å²) in [5.41, 5.74) is 3.42. The van der Waals surface area contributed by atoms with Crippen LogP contribution in [0.2, 0.25) is 0 Å². The molecule has 102 valence electrons. The molecule has 1 N–H and O–H groups in total. The largest absolute Gasteiger partial charge is 0.325 e. The first-order valence-corrected chi connectivity index (χ1v) is 6.33. The van der Waals surface area contributed by atoms with Gasteiger partial charge in [-0.15, -0.1) is 5.10 Å². The molecule has 0 fully saturated rings. The van der Waals surface area contributed by atoms with Gasteiger partial charge in [0.15, 0.2) is 0 Å². The number of aromatic nitrogens is 3. The maximum absolute atomic E-state index is 11.4. The van der Waals surface area contributed by atoms with Crippen LogP contribution in [0.25, 0.3) is 5.69 Å². The molecule has 0 unspecified atom stereocenters. The number of rotatable bonds is 4. The number of aryl methyl sites for hydroxylation is 2. The minimum atomic E-state index is -0.324. The van der Waals surface area contributed by atoms with E-state index < -0.39 is 0 Å². The molecule has 0 aliphatic carbocycles. The molecule has 2 aromatic rings. The lowest BCUT2D eigenvalue weighted by Gasteiger charge is -2.09. The van der Waals surface area contributed by atoms with Gasteiger partial charge in [-0.2, -0.15) is 5.26 Å². The molecule has 0 atom stereocenters. The van der Waals surface area contributed by atoms with Gasteiger partial charge in [0.25, 0.3) is 0 Å². The van der Waals surface area contributed by atoms with Gasteiger partial charge in [-0.1, -0.05) is 18.2 Å². The Kier molecular flexibility index (Phi) is 4.11. The molecule has 0 bridgehead atoms. The van der Waals surface area contributed by atoms with E-state index >= 15 is 0 Å². The Labute approximate surface area is 117 Å². The van der Waals surface area contributed by atoms with Crippen LogP contribution in [0.3, 0.4) is 0 Å². The molecule has 6 heteroatoms. The molecule has 0 radical (unpaired) electrons. The summed E-state index contributed by atoms with van der Waals surface area (Å²) in [5, 5.41) is 19.3. The third-order valence-electron chi connectivity index (χ3n) is 2.88. The van der Waals surface area contributed by atoms with E-state index in [0.29, 0.717) is 5.69 Å². The van der Waals surface area contributed by atoms with Gasteiger partial charge in [-0.3, -0.25) is 4.79 Å². The van der Waals surface area contributed by atoms with Crippen molar-refractivity contribution in [2.75, 3.05) is 5.32 Å². The number of amides is 1. The lowest BCUT2D eigenvalue weighted by atomic mass is 10.1. The van der Waals surface area contributed by atoms with Crippen LogP contribution in [0.4, 0.5) is 5.69 Å². The van der Waals surface area contributed by atoms with Crippen molar-refractivity contribution in [3.63, 3.8) is 0 Å². The van der Waals surface area contributed by atoms with Crippen molar-refractivity contribution in [3.05, 3.63) is 35.7 Å². The molecule has 1 aromatic carbocycles. The summed E-state index contributed by atoms with van der Waals surface area (Å²) < 4.78 is 1.69. The monoisotopic (exact) mass is 269 g/mol. The SMILES string of the molecule is CCc1cn(-c2cc(NC(=O)CC#N)ccc2C)nn1. The summed E-state index contributed by atoms with van der Waals surface area (Å²) in [7, 11) is 0. The molecular weight excluding hydrogens is 254 g/mol. The predicted molar refractivity (Wildman–Crippen MR) is 74.3 cm³/mol. The van der Waals surface area contributed by atoms with E-state index in [2.05, 4.69) is 15.6 Å². The fourth-order valence-corrected chi connectivity index (χ4v) is 1.79. The van der Waals surface area contributed by atoms with Gasteiger partial charge in [0.1, 0.15) is 6.42 Å². The Balaban J connectivity index is 2.29. The minimum Gasteiger partial charge on any atom is -0.325 e. The molecule has 0 aliphatic rings. The zero-order chi connectivity index (χ0) is 14.5. The third-order valence-corrected chi connectivity index (χ3v) is 2.88. The fourth-order valence-electron chi connectivity index (χ4n) is 1.79. The van der Waals surface area contributed by atoms with Crippen LogP contribution < -0.4 is 5.32 Å². The molecule has 0 spiro atoms. The number of hydrogen-bond acceptors (Lipinski definition) is 4. The van der Waals surface area contributed by atoms with Crippen molar-refractivity contribution < 1.29 is 4.79 Å². The Morgan fingerprint density at radius 2 is 2.30 bits per heavy atom. The van der Waals surface area contributed by atoms with E-state index in [1.165, 1.54) is 0 Å². The van der Waals surface area contributed by atoms with Crippen LogP contribution in [0.5, 0.6) is 0 Å². The first-order valence-electron chi connectivity index (χ1n) is 6.33. The summed E-state index contributed by atoms with van der Waals surface area (Å²) in [6.07, 6.45) is 2.52. The highest BCUT2D eigenvalue weighted by atomic mass is 16.1. The number of anilines is 1. The summed E-state index contributed by atoms with van der Waals surface area (Å²) in [6, 6.07) is 7.33. The van der Waals surface area contributed by atoms with Crippen LogP contribution in [-0.4, -0.2) is 20.9 Å². The van der Waals surface area contributed by atoms with Crippen molar-refractivity contribution >= 4 is 11.6 Å². The Hall–Kier alpha value is -2.68. The fraction of sp³-hybridized carbons (Fsp3) is 0.286. The smallest absolute Gasteiger partial charge is 0.238 e. The second-order valence-electron chi connectivity index (χ2n) is 4.39. The molecule has 20 heavy (non-hydrogen) atoms. The summed E-state index contributed by atoms with van der Waals surface area (Å²) in [6.45, 7) is 3.98. The van der Waals surface area contributed by atoms with E-state index in [9.17, 15) is 4.79 Å². The van der Waals surface area contributed by atoms with Crippen molar-refractivity contribution in [1.82, 2.24) is 15.0 Å². The van der Waals surface area contributed by atoms with Crippen LogP contribution in [0.15, 0.2) is 24.4 Å². The molecule has 0 aliphatic heterocycles. The first kappa shape index (κ1) is 13.7. The standard InChI is InChI=1S/C14H15N5O/c1-3-11-9-19(18-17-11)13-8-12(5-4-10(13)2)16-14(20)6-7-15/h4-5,8-9H,3,6H2,1-2H3,(H,16,20). The van der Waals surface area contributed by atoms with Crippen LogP contribution in [-0.2, 0) is 11.2 Å². The highest BCUT2D eigenvalue weighted by Crippen LogP contribution is 2.19. The third kappa shape index (κ3) is 3.01. The maximum atomic E-state index is 11.4. The summed E-state index contributed by atoms with van der Waals surface area (Å²) in [4.78, 5) is 11.4. The van der Waals surface area contributed by atoms with Crippen LogP contribution in [0, 0.1) is 18.3 Å². The predicted octanol–water partition coefficient (Wildman–Crippen LogP) is 1.99. The summed E-state index contributed by atoms with van der Waals surface area (Å²) >= 11 is 0.